The quantitative estimate of drug-likeness (QED) is 0.314. The molecule has 3 aromatic carbocycles. The van der Waals surface area contributed by atoms with Gasteiger partial charge in [-0.15, -0.1) is 0 Å². The van der Waals surface area contributed by atoms with Gasteiger partial charge in [-0.25, -0.2) is 4.98 Å². The number of hydrogen-bond acceptors (Lipinski definition) is 3. The number of non-ortho nitro benzene ring substituents is 1. The maximum absolute atomic E-state index is 10.9. The van der Waals surface area contributed by atoms with E-state index in [4.69, 9.17) is 4.98 Å². The van der Waals surface area contributed by atoms with Gasteiger partial charge in [0.2, 0.25) is 0 Å². The van der Waals surface area contributed by atoms with Crippen molar-refractivity contribution in [2.45, 2.75) is 6.92 Å². The molecule has 0 saturated heterocycles. The molecule has 0 unspecified atom stereocenters. The summed E-state index contributed by atoms with van der Waals surface area (Å²) in [5.41, 5.74) is 6.95. The molecule has 4 rings (SSSR count). The van der Waals surface area contributed by atoms with Crippen molar-refractivity contribution >= 4 is 5.69 Å². The molecule has 0 amide bonds. The van der Waals surface area contributed by atoms with Crippen molar-refractivity contribution in [3.8, 4) is 33.6 Å². The Bertz CT molecular complexity index is 1120. The predicted octanol–water partition coefficient (Wildman–Crippen LogP) is 6.30. The number of pyridine rings is 1. The molecule has 4 nitrogen and oxygen atoms in total. The van der Waals surface area contributed by atoms with E-state index in [9.17, 15) is 10.1 Å². The summed E-state index contributed by atoms with van der Waals surface area (Å²) in [6.45, 7) is 2.06. The second kappa shape index (κ2) is 7.45. The number of aromatic nitrogens is 1. The zero-order chi connectivity index (χ0) is 19.5. The Morgan fingerprint density at radius 1 is 0.679 bits per heavy atom. The summed E-state index contributed by atoms with van der Waals surface area (Å²) in [5, 5.41) is 10.9. The van der Waals surface area contributed by atoms with Crippen LogP contribution in [0.1, 0.15) is 5.56 Å². The van der Waals surface area contributed by atoms with E-state index in [1.807, 2.05) is 24.3 Å². The van der Waals surface area contributed by atoms with Gasteiger partial charge in [-0.3, -0.25) is 10.1 Å². The van der Waals surface area contributed by atoms with Crippen molar-refractivity contribution in [3.63, 3.8) is 0 Å². The lowest BCUT2D eigenvalue weighted by atomic mass is 9.99. The molecule has 4 heteroatoms. The minimum atomic E-state index is -0.394. The van der Waals surface area contributed by atoms with Gasteiger partial charge in [0.05, 0.1) is 16.3 Å². The molecule has 1 heterocycles. The molecule has 0 spiro atoms. The Kier molecular flexibility index (Phi) is 4.68. The van der Waals surface area contributed by atoms with Crippen LogP contribution in [0, 0.1) is 17.0 Å². The van der Waals surface area contributed by atoms with E-state index in [1.54, 1.807) is 12.1 Å². The summed E-state index contributed by atoms with van der Waals surface area (Å²) in [4.78, 5) is 15.4. The molecule has 0 N–H and O–H groups in total. The van der Waals surface area contributed by atoms with Crippen molar-refractivity contribution in [2.24, 2.45) is 0 Å². The maximum Gasteiger partial charge on any atom is 0.269 e. The Balaban J connectivity index is 1.86. The molecule has 0 bridgehead atoms. The Hall–Kier alpha value is -3.79. The van der Waals surface area contributed by atoms with Gasteiger partial charge in [0, 0.05) is 23.3 Å². The number of benzene rings is 3. The normalized spacial score (nSPS) is 10.6. The van der Waals surface area contributed by atoms with E-state index in [-0.39, 0.29) is 5.69 Å². The van der Waals surface area contributed by atoms with E-state index in [1.165, 1.54) is 17.7 Å². The highest BCUT2D eigenvalue weighted by Crippen LogP contribution is 2.31. The molecule has 0 atom stereocenters. The lowest BCUT2D eigenvalue weighted by molar-refractivity contribution is -0.384. The smallest absolute Gasteiger partial charge is 0.258 e. The molecule has 0 aliphatic rings. The molecule has 0 fully saturated rings. The topological polar surface area (TPSA) is 56.0 Å². The minimum absolute atomic E-state index is 0.0710. The van der Waals surface area contributed by atoms with Crippen molar-refractivity contribution in [1.29, 1.82) is 0 Å². The molecule has 0 radical (unpaired) electrons. The van der Waals surface area contributed by atoms with Crippen LogP contribution in [-0.2, 0) is 0 Å². The third kappa shape index (κ3) is 3.67. The summed E-state index contributed by atoms with van der Waals surface area (Å²) >= 11 is 0. The average molecular weight is 366 g/mol. The van der Waals surface area contributed by atoms with E-state index in [0.29, 0.717) is 0 Å². The van der Waals surface area contributed by atoms with Gasteiger partial charge in [-0.1, -0.05) is 60.2 Å². The van der Waals surface area contributed by atoms with Crippen molar-refractivity contribution in [2.75, 3.05) is 0 Å². The van der Waals surface area contributed by atoms with Crippen molar-refractivity contribution in [3.05, 3.63) is 107 Å². The fourth-order valence-corrected chi connectivity index (χ4v) is 3.10. The zero-order valence-corrected chi connectivity index (χ0v) is 15.4. The first kappa shape index (κ1) is 17.6. The zero-order valence-electron chi connectivity index (χ0n) is 15.4. The highest BCUT2D eigenvalue weighted by atomic mass is 16.6. The number of aryl methyl sites for hydroxylation is 1. The first-order valence-corrected chi connectivity index (χ1v) is 8.99. The second-order valence-electron chi connectivity index (χ2n) is 6.66. The summed E-state index contributed by atoms with van der Waals surface area (Å²) in [6, 6.07) is 29.0. The number of nitro benzene ring substituents is 1. The summed E-state index contributed by atoms with van der Waals surface area (Å²) in [5.74, 6) is 0. The van der Waals surface area contributed by atoms with Gasteiger partial charge in [-0.2, -0.15) is 0 Å². The highest BCUT2D eigenvalue weighted by molar-refractivity contribution is 5.76. The van der Waals surface area contributed by atoms with Gasteiger partial charge in [0.25, 0.3) is 5.69 Å². The molecule has 0 saturated carbocycles. The van der Waals surface area contributed by atoms with Crippen LogP contribution in [0.25, 0.3) is 33.6 Å². The standard InChI is InChI=1S/C24H18N2O2/c1-17-7-9-19(10-8-17)23-15-21(18-5-3-2-4-6-18)16-24(25-23)20-11-13-22(14-12-20)26(27)28/h2-16H,1H3. The van der Waals surface area contributed by atoms with Crippen LogP contribution in [0.3, 0.4) is 0 Å². The second-order valence-corrected chi connectivity index (χ2v) is 6.66. The van der Waals surface area contributed by atoms with Crippen LogP contribution in [0.15, 0.2) is 91.0 Å². The van der Waals surface area contributed by atoms with E-state index >= 15 is 0 Å². The molecule has 4 aromatic rings. The highest BCUT2D eigenvalue weighted by Gasteiger charge is 2.11. The van der Waals surface area contributed by atoms with E-state index in [2.05, 4.69) is 49.4 Å². The van der Waals surface area contributed by atoms with Crippen molar-refractivity contribution < 1.29 is 4.92 Å². The Labute approximate surface area is 163 Å². The number of hydrogen-bond donors (Lipinski definition) is 0. The SMILES string of the molecule is Cc1ccc(-c2cc(-c3ccccc3)cc(-c3ccc([N+](=O)[O-])cc3)n2)cc1. The van der Waals surface area contributed by atoms with Crippen LogP contribution < -0.4 is 0 Å². The lowest BCUT2D eigenvalue weighted by Crippen LogP contribution is -1.92. The summed E-state index contributed by atoms with van der Waals surface area (Å²) in [7, 11) is 0. The Morgan fingerprint density at radius 3 is 1.75 bits per heavy atom. The molecular weight excluding hydrogens is 348 g/mol. The fourth-order valence-electron chi connectivity index (χ4n) is 3.10. The maximum atomic E-state index is 10.9. The van der Waals surface area contributed by atoms with Gasteiger partial charge in [0.1, 0.15) is 0 Å². The molecule has 136 valence electrons. The number of rotatable bonds is 4. The third-order valence-electron chi connectivity index (χ3n) is 4.65. The third-order valence-corrected chi connectivity index (χ3v) is 4.65. The van der Waals surface area contributed by atoms with Gasteiger partial charge in [-0.05, 0) is 42.3 Å². The average Bonchev–Trinajstić information content (AvgIpc) is 2.74. The summed E-state index contributed by atoms with van der Waals surface area (Å²) < 4.78 is 0. The van der Waals surface area contributed by atoms with Gasteiger partial charge >= 0.3 is 0 Å². The molecule has 0 aliphatic carbocycles. The molecule has 1 aromatic heterocycles. The molecular formula is C24H18N2O2. The monoisotopic (exact) mass is 366 g/mol. The van der Waals surface area contributed by atoms with Gasteiger partial charge in [0.15, 0.2) is 0 Å². The van der Waals surface area contributed by atoms with Crippen LogP contribution >= 0.6 is 0 Å². The molecule has 0 aliphatic heterocycles. The fraction of sp³-hybridized carbons (Fsp3) is 0.0417. The first-order valence-electron chi connectivity index (χ1n) is 8.99. The molecule has 28 heavy (non-hydrogen) atoms. The van der Waals surface area contributed by atoms with Gasteiger partial charge < -0.3 is 0 Å². The largest absolute Gasteiger partial charge is 0.269 e. The number of nitrogens with zero attached hydrogens (tertiary/aromatic N) is 2. The predicted molar refractivity (Wildman–Crippen MR) is 112 cm³/mol. The van der Waals surface area contributed by atoms with E-state index < -0.39 is 4.92 Å². The minimum Gasteiger partial charge on any atom is -0.258 e. The van der Waals surface area contributed by atoms with Crippen molar-refractivity contribution in [1.82, 2.24) is 4.98 Å². The first-order chi connectivity index (χ1) is 13.6. The van der Waals surface area contributed by atoms with Crippen LogP contribution in [0.2, 0.25) is 0 Å². The van der Waals surface area contributed by atoms with Crippen LogP contribution in [0.5, 0.6) is 0 Å². The summed E-state index contributed by atoms with van der Waals surface area (Å²) in [6.07, 6.45) is 0. The Morgan fingerprint density at radius 2 is 1.21 bits per heavy atom. The number of nitro groups is 1. The van der Waals surface area contributed by atoms with Crippen LogP contribution in [0.4, 0.5) is 5.69 Å². The van der Waals surface area contributed by atoms with E-state index in [0.717, 1.165) is 33.6 Å². The lowest BCUT2D eigenvalue weighted by Gasteiger charge is -2.10. The van der Waals surface area contributed by atoms with Crippen LogP contribution in [-0.4, -0.2) is 9.91 Å².